The van der Waals surface area contributed by atoms with E-state index in [9.17, 15) is 4.79 Å². The number of nitrogens with two attached hydrogens (primary N) is 1. The summed E-state index contributed by atoms with van der Waals surface area (Å²) in [6, 6.07) is 5.86. The fourth-order valence-corrected chi connectivity index (χ4v) is 2.51. The molecule has 0 saturated heterocycles. The van der Waals surface area contributed by atoms with Gasteiger partial charge in [-0.25, -0.2) is 0 Å². The third kappa shape index (κ3) is 3.12. The molecule has 0 saturated carbocycles. The van der Waals surface area contributed by atoms with Crippen LogP contribution in [-0.2, 0) is 16.0 Å². The van der Waals surface area contributed by atoms with Crippen LogP contribution in [-0.4, -0.2) is 19.2 Å². The Morgan fingerprint density at radius 2 is 2.25 bits per heavy atom. The van der Waals surface area contributed by atoms with Crippen molar-refractivity contribution in [3.8, 4) is 5.75 Å². The lowest BCUT2D eigenvalue weighted by atomic mass is 9.83. The Hall–Kier alpha value is -1.55. The molecule has 4 heteroatoms. The zero-order chi connectivity index (χ0) is 14.8. The van der Waals surface area contributed by atoms with E-state index < -0.39 is 5.41 Å². The largest absolute Gasteiger partial charge is 0.493 e. The van der Waals surface area contributed by atoms with Crippen LogP contribution in [0.15, 0.2) is 18.2 Å². The SMILES string of the molecule is CCOC(=O)C(C)(C)CC(N)c1ccc2c(c1)CCO2. The van der Waals surface area contributed by atoms with Gasteiger partial charge in [0.2, 0.25) is 0 Å². The van der Waals surface area contributed by atoms with Gasteiger partial charge in [-0.15, -0.1) is 0 Å². The molecule has 0 bridgehead atoms. The molecular formula is C16H23NO3. The molecule has 1 unspecified atom stereocenters. The molecule has 110 valence electrons. The highest BCUT2D eigenvalue weighted by Gasteiger charge is 2.32. The van der Waals surface area contributed by atoms with E-state index in [1.54, 1.807) is 0 Å². The Labute approximate surface area is 120 Å². The highest BCUT2D eigenvalue weighted by molar-refractivity contribution is 5.76. The first-order chi connectivity index (χ1) is 9.44. The summed E-state index contributed by atoms with van der Waals surface area (Å²) in [7, 11) is 0. The predicted molar refractivity (Wildman–Crippen MR) is 77.6 cm³/mol. The molecule has 1 aromatic carbocycles. The van der Waals surface area contributed by atoms with Crippen molar-refractivity contribution in [1.82, 2.24) is 0 Å². The van der Waals surface area contributed by atoms with Crippen LogP contribution in [0.25, 0.3) is 0 Å². The Morgan fingerprint density at radius 1 is 1.50 bits per heavy atom. The zero-order valence-corrected chi connectivity index (χ0v) is 12.4. The number of benzene rings is 1. The fraction of sp³-hybridized carbons (Fsp3) is 0.562. The van der Waals surface area contributed by atoms with Gasteiger partial charge in [-0.3, -0.25) is 4.79 Å². The van der Waals surface area contributed by atoms with Gasteiger partial charge in [-0.1, -0.05) is 12.1 Å². The maximum Gasteiger partial charge on any atom is 0.311 e. The van der Waals surface area contributed by atoms with Crippen LogP contribution >= 0.6 is 0 Å². The minimum absolute atomic E-state index is 0.180. The van der Waals surface area contributed by atoms with Crippen molar-refractivity contribution < 1.29 is 14.3 Å². The van der Waals surface area contributed by atoms with Gasteiger partial charge >= 0.3 is 5.97 Å². The lowest BCUT2D eigenvalue weighted by molar-refractivity contribution is -0.154. The first kappa shape index (κ1) is 14.9. The van der Waals surface area contributed by atoms with Crippen LogP contribution in [0.4, 0.5) is 0 Å². The minimum Gasteiger partial charge on any atom is -0.493 e. The highest BCUT2D eigenvalue weighted by Crippen LogP contribution is 2.33. The molecule has 1 aliphatic heterocycles. The van der Waals surface area contributed by atoms with Gasteiger partial charge in [-0.2, -0.15) is 0 Å². The average molecular weight is 277 g/mol. The Morgan fingerprint density at radius 3 is 2.95 bits per heavy atom. The molecule has 0 radical (unpaired) electrons. The Bertz CT molecular complexity index is 496. The smallest absolute Gasteiger partial charge is 0.311 e. The molecule has 1 heterocycles. The second-order valence-corrected chi connectivity index (χ2v) is 5.88. The monoisotopic (exact) mass is 277 g/mol. The van der Waals surface area contributed by atoms with E-state index in [-0.39, 0.29) is 12.0 Å². The second-order valence-electron chi connectivity index (χ2n) is 5.88. The van der Waals surface area contributed by atoms with Crippen molar-refractivity contribution in [2.24, 2.45) is 11.1 Å². The van der Waals surface area contributed by atoms with Crippen molar-refractivity contribution in [2.45, 2.75) is 39.7 Å². The van der Waals surface area contributed by atoms with Crippen LogP contribution in [0.5, 0.6) is 5.75 Å². The molecule has 2 rings (SSSR count). The summed E-state index contributed by atoms with van der Waals surface area (Å²) in [6.45, 7) is 6.70. The third-order valence-electron chi connectivity index (χ3n) is 3.70. The van der Waals surface area contributed by atoms with Crippen molar-refractivity contribution in [3.05, 3.63) is 29.3 Å². The summed E-state index contributed by atoms with van der Waals surface area (Å²) in [6.07, 6.45) is 1.49. The molecule has 0 spiro atoms. The Balaban J connectivity index is 2.08. The van der Waals surface area contributed by atoms with Gasteiger partial charge in [0.05, 0.1) is 18.6 Å². The summed E-state index contributed by atoms with van der Waals surface area (Å²) in [5.74, 6) is 0.755. The number of esters is 1. The van der Waals surface area contributed by atoms with Crippen LogP contribution in [0.2, 0.25) is 0 Å². The van der Waals surface area contributed by atoms with E-state index in [0.29, 0.717) is 13.0 Å². The van der Waals surface area contributed by atoms with Crippen LogP contribution in [0.3, 0.4) is 0 Å². The molecule has 4 nitrogen and oxygen atoms in total. The summed E-state index contributed by atoms with van der Waals surface area (Å²) >= 11 is 0. The van der Waals surface area contributed by atoms with E-state index in [0.717, 1.165) is 24.3 Å². The van der Waals surface area contributed by atoms with Gasteiger partial charge in [0.15, 0.2) is 0 Å². The molecule has 0 aromatic heterocycles. The first-order valence-electron chi connectivity index (χ1n) is 7.12. The number of fused-ring (bicyclic) bond motifs is 1. The first-order valence-corrected chi connectivity index (χ1v) is 7.12. The standard InChI is InChI=1S/C16H23NO3/c1-4-19-15(18)16(2,3)10-13(17)11-5-6-14-12(9-11)7-8-20-14/h5-6,9,13H,4,7-8,10,17H2,1-3H3. The summed E-state index contributed by atoms with van der Waals surface area (Å²) in [5.41, 5.74) is 7.93. The van der Waals surface area contributed by atoms with E-state index in [1.165, 1.54) is 5.56 Å². The molecule has 1 aliphatic rings. The molecule has 0 aliphatic carbocycles. The molecule has 1 aromatic rings. The average Bonchev–Trinajstić information content (AvgIpc) is 2.85. The van der Waals surface area contributed by atoms with E-state index in [1.807, 2.05) is 32.9 Å². The van der Waals surface area contributed by atoms with Gasteiger partial charge in [0.1, 0.15) is 5.75 Å². The third-order valence-corrected chi connectivity index (χ3v) is 3.70. The second kappa shape index (κ2) is 5.83. The Kier molecular flexibility index (Phi) is 4.33. The quantitative estimate of drug-likeness (QED) is 0.840. The number of hydrogen-bond donors (Lipinski definition) is 1. The van der Waals surface area contributed by atoms with Gasteiger partial charge in [-0.05, 0) is 44.4 Å². The van der Waals surface area contributed by atoms with Crippen molar-refractivity contribution in [3.63, 3.8) is 0 Å². The number of rotatable bonds is 5. The van der Waals surface area contributed by atoms with E-state index in [4.69, 9.17) is 15.2 Å². The molecule has 0 amide bonds. The summed E-state index contributed by atoms with van der Waals surface area (Å²) in [5, 5.41) is 0. The van der Waals surface area contributed by atoms with Crippen molar-refractivity contribution in [1.29, 1.82) is 0 Å². The van der Waals surface area contributed by atoms with Crippen LogP contribution in [0.1, 0.15) is 44.4 Å². The maximum absolute atomic E-state index is 11.9. The molecule has 2 N–H and O–H groups in total. The van der Waals surface area contributed by atoms with Crippen molar-refractivity contribution >= 4 is 5.97 Å². The highest BCUT2D eigenvalue weighted by atomic mass is 16.5. The fourth-order valence-electron chi connectivity index (χ4n) is 2.51. The number of ether oxygens (including phenoxy) is 2. The zero-order valence-electron chi connectivity index (χ0n) is 12.4. The van der Waals surface area contributed by atoms with E-state index >= 15 is 0 Å². The summed E-state index contributed by atoms with van der Waals surface area (Å²) < 4.78 is 10.6. The molecule has 20 heavy (non-hydrogen) atoms. The minimum atomic E-state index is -0.578. The van der Waals surface area contributed by atoms with Gasteiger partial charge in [0.25, 0.3) is 0 Å². The summed E-state index contributed by atoms with van der Waals surface area (Å²) in [4.78, 5) is 11.9. The number of carbonyl (C=O) groups is 1. The lowest BCUT2D eigenvalue weighted by Crippen LogP contribution is -2.31. The number of hydrogen-bond acceptors (Lipinski definition) is 4. The van der Waals surface area contributed by atoms with E-state index in [2.05, 4.69) is 6.07 Å². The van der Waals surface area contributed by atoms with Crippen LogP contribution in [0, 0.1) is 5.41 Å². The molecular weight excluding hydrogens is 254 g/mol. The van der Waals surface area contributed by atoms with Crippen molar-refractivity contribution in [2.75, 3.05) is 13.2 Å². The van der Waals surface area contributed by atoms with Crippen LogP contribution < -0.4 is 10.5 Å². The molecule has 1 atom stereocenters. The predicted octanol–water partition coefficient (Wildman–Crippen LogP) is 2.60. The molecule has 0 fully saturated rings. The van der Waals surface area contributed by atoms with Gasteiger partial charge in [0, 0.05) is 12.5 Å². The lowest BCUT2D eigenvalue weighted by Gasteiger charge is -2.26. The van der Waals surface area contributed by atoms with Gasteiger partial charge < -0.3 is 15.2 Å². The maximum atomic E-state index is 11.9. The number of carbonyl (C=O) groups excluding carboxylic acids is 1. The topological polar surface area (TPSA) is 61.5 Å². The normalized spacial score (nSPS) is 15.4.